The summed E-state index contributed by atoms with van der Waals surface area (Å²) in [6.45, 7) is 4.11. The van der Waals surface area contributed by atoms with E-state index >= 15 is 0 Å². The first-order valence-electron chi connectivity index (χ1n) is 5.19. The summed E-state index contributed by atoms with van der Waals surface area (Å²) in [7, 11) is 0. The van der Waals surface area contributed by atoms with Crippen LogP contribution in [0, 0.1) is 0 Å². The third kappa shape index (κ3) is 2.08. The Morgan fingerprint density at radius 2 is 2.13 bits per heavy atom. The fourth-order valence-corrected chi connectivity index (χ4v) is 2.22. The zero-order valence-corrected chi connectivity index (χ0v) is 12.5. The number of hydrogen-bond donors (Lipinski definition) is 0. The molecule has 3 rings (SSSR count). The summed E-state index contributed by atoms with van der Waals surface area (Å²) in [6, 6.07) is 4.44. The van der Waals surface area contributed by atoms with Crippen LogP contribution in [0.25, 0.3) is 10.9 Å². The van der Waals surface area contributed by atoms with E-state index < -0.39 is 0 Å². The normalized spacial score (nSPS) is 17.0. The topological polar surface area (TPSA) is 26.5 Å². The Labute approximate surface area is 132 Å². The van der Waals surface area contributed by atoms with Crippen LogP contribution in [-0.4, -0.2) is 13.1 Å². The van der Waals surface area contributed by atoms with E-state index in [2.05, 4.69) is 29.4 Å². The number of hydrogen-bond acceptors (Lipinski definition) is 1. The molecule has 0 radical (unpaired) electrons. The van der Waals surface area contributed by atoms with Crippen molar-refractivity contribution in [2.45, 2.75) is 19.8 Å². The molecule has 0 unspecified atom stereocenters. The predicted octanol–water partition coefficient (Wildman–Crippen LogP) is -1.55. The summed E-state index contributed by atoms with van der Waals surface area (Å²) in [5.41, 5.74) is 4.03. The average molecular weight is 224 g/mol. The van der Waals surface area contributed by atoms with E-state index in [1.54, 1.807) is 0 Å². The molecule has 2 aliphatic heterocycles. The second kappa shape index (κ2) is 4.68. The molecule has 2 heterocycles. The molecule has 0 amide bonds. The first-order chi connectivity index (χ1) is 6.84. The van der Waals surface area contributed by atoms with Crippen molar-refractivity contribution < 1.29 is 51.4 Å². The van der Waals surface area contributed by atoms with Crippen LogP contribution in [0.15, 0.2) is 17.1 Å². The fraction of sp³-hybridized carbons (Fsp3) is 0.417. The molecule has 0 bridgehead atoms. The second-order valence-corrected chi connectivity index (χ2v) is 4.04. The van der Waals surface area contributed by atoms with E-state index in [1.165, 1.54) is 27.4 Å². The maximum Gasteiger partial charge on any atom is 1.00 e. The van der Waals surface area contributed by atoms with E-state index in [0.29, 0.717) is 0 Å². The number of fused-ring (bicyclic) bond motifs is 2. The fourth-order valence-electron chi connectivity index (χ4n) is 2.22. The molecule has 1 aromatic rings. The van der Waals surface area contributed by atoms with Crippen molar-refractivity contribution in [2.75, 3.05) is 13.1 Å². The number of benzene rings is 1. The van der Waals surface area contributed by atoms with Crippen molar-refractivity contribution in [1.82, 2.24) is 0 Å². The first-order valence-corrected chi connectivity index (χ1v) is 5.19. The van der Waals surface area contributed by atoms with Crippen LogP contribution >= 0.6 is 0 Å². The van der Waals surface area contributed by atoms with Crippen molar-refractivity contribution in [3.63, 3.8) is 0 Å². The maximum absolute atomic E-state index is 4.56. The van der Waals surface area contributed by atoms with Gasteiger partial charge in [-0.3, -0.25) is 4.99 Å². The zero-order chi connectivity index (χ0) is 9.54. The van der Waals surface area contributed by atoms with Gasteiger partial charge in [-0.2, -0.15) is 0 Å². The van der Waals surface area contributed by atoms with Gasteiger partial charge in [0, 0.05) is 6.54 Å². The van der Waals surface area contributed by atoms with Crippen LogP contribution < -0.4 is 62.0 Å². The Morgan fingerprint density at radius 1 is 1.27 bits per heavy atom. The molecule has 2 aliphatic rings. The van der Waals surface area contributed by atoms with E-state index in [1.807, 2.05) is 0 Å². The van der Waals surface area contributed by atoms with Gasteiger partial charge in [-0.15, -0.1) is 12.2 Å². The monoisotopic (exact) mass is 224 g/mol. The number of rotatable bonds is 0. The van der Waals surface area contributed by atoms with Gasteiger partial charge in [-0.25, -0.2) is 0 Å². The van der Waals surface area contributed by atoms with Gasteiger partial charge in [0.15, 0.2) is 0 Å². The summed E-state index contributed by atoms with van der Waals surface area (Å²) >= 11 is 0. The summed E-state index contributed by atoms with van der Waals surface area (Å²) in [5.74, 6) is 0. The van der Waals surface area contributed by atoms with Gasteiger partial charge in [0.2, 0.25) is 0 Å². The van der Waals surface area contributed by atoms with Gasteiger partial charge in [0.05, 0.1) is 5.36 Å². The summed E-state index contributed by atoms with van der Waals surface area (Å²) < 4.78 is 0. The molecule has 0 saturated carbocycles. The van der Waals surface area contributed by atoms with Gasteiger partial charge < -0.3 is 5.32 Å². The molecule has 2 nitrogen and oxygen atoms in total. The van der Waals surface area contributed by atoms with Gasteiger partial charge >= 0.3 is 51.4 Å². The third-order valence-corrected chi connectivity index (χ3v) is 3.09. The second-order valence-electron chi connectivity index (χ2n) is 4.04. The summed E-state index contributed by atoms with van der Waals surface area (Å²) in [4.78, 5) is 4.56. The molecule has 0 spiro atoms. The quantitative estimate of drug-likeness (QED) is 0.477. The van der Waals surface area contributed by atoms with Crippen LogP contribution in [0.1, 0.15) is 18.9 Å². The van der Waals surface area contributed by atoms with Crippen LogP contribution in [0.2, 0.25) is 0 Å². The van der Waals surface area contributed by atoms with Crippen molar-refractivity contribution in [3.8, 4) is 0 Å². The van der Waals surface area contributed by atoms with Crippen molar-refractivity contribution in [1.29, 1.82) is 0 Å². The number of nitrogens with zero attached hydrogens (tertiary/aromatic N) is 2. The molecule has 0 aromatic heterocycles. The Kier molecular flexibility index (Phi) is 3.68. The predicted molar refractivity (Wildman–Crippen MR) is 57.4 cm³/mol. The van der Waals surface area contributed by atoms with Crippen molar-refractivity contribution >= 4 is 11.3 Å². The van der Waals surface area contributed by atoms with Gasteiger partial charge in [-0.05, 0) is 31.1 Å². The minimum absolute atomic E-state index is 0. The SMILES string of the molecule is CC1=c2cc3c(cc2=NCC1)CC[N-]3.[K+]. The minimum Gasteiger partial charge on any atom is -0.684 e. The van der Waals surface area contributed by atoms with E-state index in [9.17, 15) is 0 Å². The molecular weight excluding hydrogens is 211 g/mol. The Bertz CT molecular complexity index is 505. The van der Waals surface area contributed by atoms with Crippen LogP contribution in [0.5, 0.6) is 0 Å². The third-order valence-electron chi connectivity index (χ3n) is 3.09. The minimum atomic E-state index is 0. The molecule has 0 N–H and O–H groups in total. The van der Waals surface area contributed by atoms with Crippen molar-refractivity contribution in [2.24, 2.45) is 4.99 Å². The van der Waals surface area contributed by atoms with Crippen LogP contribution in [-0.2, 0) is 6.42 Å². The Balaban J connectivity index is 0.000000853. The van der Waals surface area contributed by atoms with Crippen LogP contribution in [0.4, 0.5) is 5.69 Å². The largest absolute Gasteiger partial charge is 1.00 e. The molecule has 1 aromatic carbocycles. The van der Waals surface area contributed by atoms with E-state index in [4.69, 9.17) is 0 Å². The first kappa shape index (κ1) is 11.8. The zero-order valence-electron chi connectivity index (χ0n) is 9.38. The molecule has 3 heteroatoms. The van der Waals surface area contributed by atoms with Crippen LogP contribution in [0.3, 0.4) is 0 Å². The Morgan fingerprint density at radius 3 is 3.00 bits per heavy atom. The molecule has 0 saturated heterocycles. The Hall–Kier alpha value is 0.326. The summed E-state index contributed by atoms with van der Waals surface area (Å²) in [5, 5.41) is 6.99. The molecule has 15 heavy (non-hydrogen) atoms. The molecule has 72 valence electrons. The maximum atomic E-state index is 4.56. The van der Waals surface area contributed by atoms with Gasteiger partial charge in [0.25, 0.3) is 0 Å². The van der Waals surface area contributed by atoms with E-state index in [-0.39, 0.29) is 51.4 Å². The van der Waals surface area contributed by atoms with Gasteiger partial charge in [-0.1, -0.05) is 17.2 Å². The van der Waals surface area contributed by atoms with E-state index in [0.717, 1.165) is 25.9 Å². The molecule has 0 atom stereocenters. The van der Waals surface area contributed by atoms with Crippen molar-refractivity contribution in [3.05, 3.63) is 33.6 Å². The smallest absolute Gasteiger partial charge is 0.684 e. The van der Waals surface area contributed by atoms with Gasteiger partial charge in [0.1, 0.15) is 0 Å². The molecular formula is C12H13KN2. The summed E-state index contributed by atoms with van der Waals surface area (Å²) in [6.07, 6.45) is 2.20. The molecule has 0 fully saturated rings. The molecule has 0 aliphatic carbocycles. The average Bonchev–Trinajstić information content (AvgIpc) is 2.62. The standard InChI is InChI=1S/C12H13N2.K/c1-8-2-4-14-12-6-9-3-5-13-11(9)7-10(8)12;/h6-7H,2-5H2,1H3;/q-1;+1.